The maximum absolute atomic E-state index is 13.2. The molecule has 3 saturated heterocycles. The fourth-order valence-electron chi connectivity index (χ4n) is 5.02. The van der Waals surface area contributed by atoms with Crippen molar-refractivity contribution in [3.8, 4) is 0 Å². The van der Waals surface area contributed by atoms with E-state index in [1.54, 1.807) is 0 Å². The summed E-state index contributed by atoms with van der Waals surface area (Å²) in [6, 6.07) is 6.96. The van der Waals surface area contributed by atoms with E-state index in [4.69, 9.17) is 4.74 Å². The van der Waals surface area contributed by atoms with E-state index in [-0.39, 0.29) is 24.6 Å². The van der Waals surface area contributed by atoms with Gasteiger partial charge in [-0.3, -0.25) is 4.90 Å². The molecule has 3 fully saturated rings. The van der Waals surface area contributed by atoms with Crippen LogP contribution in [0, 0.1) is 5.82 Å². The van der Waals surface area contributed by atoms with Crippen LogP contribution in [-0.4, -0.2) is 110 Å². The summed E-state index contributed by atoms with van der Waals surface area (Å²) in [5, 5.41) is 24.1. The van der Waals surface area contributed by atoms with Gasteiger partial charge in [-0.15, -0.1) is 0 Å². The van der Waals surface area contributed by atoms with Gasteiger partial charge in [0.25, 0.3) is 0 Å². The first kappa shape index (κ1) is 21.9. The number of piperidine rings is 1. The number of aliphatic hydroxyl groups is 2. The van der Waals surface area contributed by atoms with Crippen molar-refractivity contribution in [3.05, 3.63) is 30.1 Å². The number of hydrogen-bond donors (Lipinski definition) is 3. The third kappa shape index (κ3) is 4.95. The molecule has 3 aliphatic heterocycles. The molecule has 0 aliphatic carbocycles. The van der Waals surface area contributed by atoms with Gasteiger partial charge in [0.05, 0.1) is 18.8 Å². The minimum Gasteiger partial charge on any atom is -0.394 e. The highest BCUT2D eigenvalue weighted by atomic mass is 19.1. The van der Waals surface area contributed by atoms with Crippen molar-refractivity contribution in [1.29, 1.82) is 0 Å². The highest BCUT2D eigenvalue weighted by molar-refractivity contribution is 5.46. The van der Waals surface area contributed by atoms with E-state index in [2.05, 4.69) is 27.1 Å². The van der Waals surface area contributed by atoms with Gasteiger partial charge in [-0.25, -0.2) is 4.39 Å². The molecule has 0 unspecified atom stereocenters. The molecule has 3 N–H and O–H groups in total. The van der Waals surface area contributed by atoms with Gasteiger partial charge in [0.2, 0.25) is 0 Å². The average molecular weight is 423 g/mol. The molecule has 3 aliphatic rings. The summed E-state index contributed by atoms with van der Waals surface area (Å²) in [7, 11) is 2.15. The lowest BCUT2D eigenvalue weighted by atomic mass is 10.00. The normalized spacial score (nSPS) is 32.1. The van der Waals surface area contributed by atoms with E-state index in [1.807, 2.05) is 12.1 Å². The molecular weight excluding hydrogens is 387 g/mol. The molecule has 0 bridgehead atoms. The highest BCUT2D eigenvalue weighted by Gasteiger charge is 2.46. The van der Waals surface area contributed by atoms with Crippen LogP contribution in [0.15, 0.2) is 24.3 Å². The number of piperazine rings is 1. The van der Waals surface area contributed by atoms with Gasteiger partial charge in [-0.1, -0.05) is 0 Å². The third-order valence-electron chi connectivity index (χ3n) is 6.90. The van der Waals surface area contributed by atoms with Gasteiger partial charge < -0.3 is 30.1 Å². The van der Waals surface area contributed by atoms with E-state index >= 15 is 0 Å². The van der Waals surface area contributed by atoms with Crippen LogP contribution in [-0.2, 0) is 4.74 Å². The Kier molecular flexibility index (Phi) is 7.23. The Bertz CT molecular complexity index is 663. The molecular formula is C22H35FN4O3. The molecule has 168 valence electrons. The molecule has 0 amide bonds. The average Bonchev–Trinajstić information content (AvgIpc) is 3.09. The van der Waals surface area contributed by atoms with Gasteiger partial charge in [0, 0.05) is 44.5 Å². The second kappa shape index (κ2) is 9.89. The van der Waals surface area contributed by atoms with Crippen LogP contribution in [0.2, 0.25) is 0 Å². The Morgan fingerprint density at radius 1 is 1.03 bits per heavy atom. The molecule has 4 atom stereocenters. The SMILES string of the molecule is CN1CCC(NC[C@@H]2O[C@@H](CO)[C@@H](O)[C@H]2N2CCN(c3ccc(F)cc3)CC2)CC1. The second-order valence-electron chi connectivity index (χ2n) is 8.86. The Labute approximate surface area is 178 Å². The zero-order valence-electron chi connectivity index (χ0n) is 17.8. The summed E-state index contributed by atoms with van der Waals surface area (Å²) in [4.78, 5) is 6.88. The zero-order chi connectivity index (χ0) is 21.1. The number of benzene rings is 1. The number of hydrogen-bond acceptors (Lipinski definition) is 7. The lowest BCUT2D eigenvalue weighted by Crippen LogP contribution is -2.58. The topological polar surface area (TPSA) is 71.4 Å². The van der Waals surface area contributed by atoms with E-state index in [9.17, 15) is 14.6 Å². The van der Waals surface area contributed by atoms with Crippen molar-refractivity contribution in [2.75, 3.05) is 64.4 Å². The molecule has 1 aromatic rings. The highest BCUT2D eigenvalue weighted by Crippen LogP contribution is 2.28. The molecule has 0 aromatic heterocycles. The van der Waals surface area contributed by atoms with Gasteiger partial charge >= 0.3 is 0 Å². The number of anilines is 1. The van der Waals surface area contributed by atoms with Crippen molar-refractivity contribution in [2.45, 2.75) is 43.2 Å². The van der Waals surface area contributed by atoms with Crippen LogP contribution < -0.4 is 10.2 Å². The fraction of sp³-hybridized carbons (Fsp3) is 0.727. The number of aliphatic hydroxyl groups excluding tert-OH is 2. The fourth-order valence-corrected chi connectivity index (χ4v) is 5.02. The van der Waals surface area contributed by atoms with Crippen LogP contribution in [0.4, 0.5) is 10.1 Å². The van der Waals surface area contributed by atoms with Gasteiger partial charge in [-0.05, 0) is 57.2 Å². The number of nitrogens with one attached hydrogen (secondary N) is 1. The summed E-state index contributed by atoms with van der Waals surface area (Å²) < 4.78 is 19.3. The lowest BCUT2D eigenvalue weighted by Gasteiger charge is -2.41. The predicted molar refractivity (Wildman–Crippen MR) is 114 cm³/mol. The van der Waals surface area contributed by atoms with E-state index in [1.165, 1.54) is 12.1 Å². The Morgan fingerprint density at radius 3 is 2.33 bits per heavy atom. The summed E-state index contributed by atoms with van der Waals surface area (Å²) >= 11 is 0. The molecule has 8 heteroatoms. The molecule has 30 heavy (non-hydrogen) atoms. The smallest absolute Gasteiger partial charge is 0.123 e. The first-order chi connectivity index (χ1) is 14.5. The summed E-state index contributed by atoms with van der Waals surface area (Å²) in [5.41, 5.74) is 1.02. The summed E-state index contributed by atoms with van der Waals surface area (Å²) in [6.07, 6.45) is 0.868. The second-order valence-corrected chi connectivity index (χ2v) is 8.86. The Balaban J connectivity index is 1.34. The van der Waals surface area contributed by atoms with E-state index in [0.717, 1.165) is 57.8 Å². The maximum atomic E-state index is 13.2. The standard InChI is InChI=1S/C22H35FN4O3/c1-25-8-6-17(7-9-25)24-14-19-21(22(29)20(15-28)30-19)27-12-10-26(11-13-27)18-4-2-16(23)3-5-18/h2-5,17,19-22,24,28-29H,6-15H2,1H3/t19-,20-,21-,22+/m0/s1. The zero-order valence-corrected chi connectivity index (χ0v) is 17.8. The van der Waals surface area contributed by atoms with Gasteiger partial charge in [0.15, 0.2) is 0 Å². The molecule has 0 spiro atoms. The number of ether oxygens (including phenoxy) is 1. The van der Waals surface area contributed by atoms with Crippen LogP contribution >= 0.6 is 0 Å². The van der Waals surface area contributed by atoms with E-state index < -0.39 is 12.2 Å². The van der Waals surface area contributed by atoms with Crippen LogP contribution in [0.5, 0.6) is 0 Å². The van der Waals surface area contributed by atoms with Crippen molar-refractivity contribution in [2.24, 2.45) is 0 Å². The van der Waals surface area contributed by atoms with Crippen molar-refractivity contribution >= 4 is 5.69 Å². The third-order valence-corrected chi connectivity index (χ3v) is 6.90. The number of nitrogens with zero attached hydrogens (tertiary/aromatic N) is 3. The Morgan fingerprint density at radius 2 is 1.70 bits per heavy atom. The first-order valence-electron chi connectivity index (χ1n) is 11.2. The van der Waals surface area contributed by atoms with Crippen molar-refractivity contribution in [3.63, 3.8) is 0 Å². The lowest BCUT2D eigenvalue weighted by molar-refractivity contribution is -0.0222. The van der Waals surface area contributed by atoms with Crippen LogP contribution in [0.1, 0.15) is 12.8 Å². The Hall–Kier alpha value is -1.29. The van der Waals surface area contributed by atoms with Crippen LogP contribution in [0.3, 0.4) is 0 Å². The van der Waals surface area contributed by atoms with Crippen molar-refractivity contribution in [1.82, 2.24) is 15.1 Å². The quantitative estimate of drug-likeness (QED) is 0.602. The molecule has 0 radical (unpaired) electrons. The molecule has 3 heterocycles. The van der Waals surface area contributed by atoms with E-state index in [0.29, 0.717) is 12.6 Å². The van der Waals surface area contributed by atoms with Crippen molar-refractivity contribution < 1.29 is 19.3 Å². The molecule has 1 aromatic carbocycles. The number of rotatable bonds is 6. The van der Waals surface area contributed by atoms with Gasteiger partial charge in [-0.2, -0.15) is 0 Å². The maximum Gasteiger partial charge on any atom is 0.123 e. The molecule has 4 rings (SSSR count). The number of halogens is 1. The first-order valence-corrected chi connectivity index (χ1v) is 11.2. The minimum absolute atomic E-state index is 0.128. The minimum atomic E-state index is -0.698. The monoisotopic (exact) mass is 422 g/mol. The molecule has 7 nitrogen and oxygen atoms in total. The van der Waals surface area contributed by atoms with Gasteiger partial charge in [0.1, 0.15) is 18.0 Å². The summed E-state index contributed by atoms with van der Waals surface area (Å²) in [5.74, 6) is -0.224. The van der Waals surface area contributed by atoms with Crippen LogP contribution in [0.25, 0.3) is 0 Å². The predicted octanol–water partition coefficient (Wildman–Crippen LogP) is 0.121. The summed E-state index contributed by atoms with van der Waals surface area (Å²) in [6.45, 7) is 5.93. The number of likely N-dealkylation sites (tertiary alicyclic amines) is 1. The largest absolute Gasteiger partial charge is 0.394 e. The molecule has 0 saturated carbocycles.